The van der Waals surface area contributed by atoms with E-state index in [2.05, 4.69) is 0 Å². The fourth-order valence-electron chi connectivity index (χ4n) is 2.75. The second-order valence-electron chi connectivity index (χ2n) is 5.72. The lowest BCUT2D eigenvalue weighted by Gasteiger charge is -2.28. The van der Waals surface area contributed by atoms with Gasteiger partial charge in [0.2, 0.25) is 0 Å². The van der Waals surface area contributed by atoms with Crippen LogP contribution in [0.5, 0.6) is 0 Å². The van der Waals surface area contributed by atoms with Crippen LogP contribution in [0.1, 0.15) is 42.7 Å². The van der Waals surface area contributed by atoms with E-state index in [0.717, 1.165) is 19.1 Å². The largest absolute Gasteiger partial charge is 0.481 e. The van der Waals surface area contributed by atoms with E-state index in [-0.39, 0.29) is 4.90 Å². The highest BCUT2D eigenvalue weighted by molar-refractivity contribution is 7.90. The molecule has 20 heavy (non-hydrogen) atoms. The highest BCUT2D eigenvalue weighted by Crippen LogP contribution is 2.36. The maximum Gasteiger partial charge on any atom is 0.310 e. The Hall–Kier alpha value is -1.36. The number of hydrogen-bond donors (Lipinski definition) is 1. The number of carbonyl (C=O) groups is 1. The zero-order valence-corrected chi connectivity index (χ0v) is 12.6. The molecule has 1 atom stereocenters. The van der Waals surface area contributed by atoms with E-state index < -0.39 is 21.7 Å². The van der Waals surface area contributed by atoms with Crippen molar-refractivity contribution >= 4 is 15.8 Å². The molecule has 2 rings (SSSR count). The van der Waals surface area contributed by atoms with Gasteiger partial charge in [0, 0.05) is 6.26 Å². The molecule has 0 radical (unpaired) electrons. The molecule has 1 aromatic carbocycles. The van der Waals surface area contributed by atoms with Gasteiger partial charge in [0.05, 0.1) is 10.8 Å². The van der Waals surface area contributed by atoms with Gasteiger partial charge < -0.3 is 5.11 Å². The van der Waals surface area contributed by atoms with E-state index in [9.17, 15) is 18.3 Å². The Kier molecular flexibility index (Phi) is 4.18. The molecule has 1 saturated carbocycles. The van der Waals surface area contributed by atoms with Gasteiger partial charge in [-0.1, -0.05) is 31.4 Å². The average Bonchev–Trinajstić information content (AvgIpc) is 2.24. The lowest BCUT2D eigenvalue weighted by atomic mass is 9.77. The number of benzene rings is 1. The van der Waals surface area contributed by atoms with Crippen molar-refractivity contribution < 1.29 is 18.3 Å². The summed E-state index contributed by atoms with van der Waals surface area (Å²) < 4.78 is 23.2. The van der Waals surface area contributed by atoms with Crippen molar-refractivity contribution in [3.05, 3.63) is 29.3 Å². The van der Waals surface area contributed by atoms with E-state index in [0.29, 0.717) is 23.5 Å². The monoisotopic (exact) mass is 296 g/mol. The summed E-state index contributed by atoms with van der Waals surface area (Å²) in [7, 11) is -3.26. The second-order valence-corrected chi connectivity index (χ2v) is 7.70. The van der Waals surface area contributed by atoms with Crippen molar-refractivity contribution in [3.8, 4) is 0 Å². The predicted molar refractivity (Wildman–Crippen MR) is 76.6 cm³/mol. The molecule has 1 aromatic rings. The van der Waals surface area contributed by atoms with Crippen molar-refractivity contribution in [1.29, 1.82) is 0 Å². The number of hydrogen-bond acceptors (Lipinski definition) is 3. The van der Waals surface area contributed by atoms with Crippen molar-refractivity contribution in [1.82, 2.24) is 0 Å². The van der Waals surface area contributed by atoms with Crippen molar-refractivity contribution in [2.75, 3.05) is 6.26 Å². The maximum absolute atomic E-state index is 11.6. The smallest absolute Gasteiger partial charge is 0.310 e. The quantitative estimate of drug-likeness (QED) is 0.907. The molecule has 1 unspecified atom stereocenters. The Morgan fingerprint density at radius 1 is 1.40 bits per heavy atom. The van der Waals surface area contributed by atoms with Gasteiger partial charge >= 0.3 is 5.97 Å². The molecule has 0 spiro atoms. The van der Waals surface area contributed by atoms with Gasteiger partial charge in [-0.05, 0) is 36.5 Å². The molecule has 0 amide bonds. The lowest BCUT2D eigenvalue weighted by molar-refractivity contribution is -0.139. The first-order chi connectivity index (χ1) is 9.29. The first kappa shape index (κ1) is 15.0. The molecule has 1 fully saturated rings. The normalized spacial score (nSPS) is 17.5. The number of sulfone groups is 1. The first-order valence-electron chi connectivity index (χ1n) is 6.82. The molecule has 4 nitrogen and oxygen atoms in total. The Labute approximate surface area is 119 Å². The van der Waals surface area contributed by atoms with E-state index in [1.165, 1.54) is 12.5 Å². The standard InChI is InChI=1S/C15H20O4S/c1-10-8-12(6-7-14(10)20(2,18)19)13(15(16)17)9-11-4-3-5-11/h6-8,11,13H,3-5,9H2,1-2H3,(H,16,17). The van der Waals surface area contributed by atoms with Crippen LogP contribution in [0, 0.1) is 12.8 Å². The Bertz CT molecular complexity index is 615. The zero-order valence-electron chi connectivity index (χ0n) is 11.8. The number of aryl methyl sites for hydroxylation is 1. The van der Waals surface area contributed by atoms with Crippen LogP contribution in [0.2, 0.25) is 0 Å². The van der Waals surface area contributed by atoms with Gasteiger partial charge in [0.25, 0.3) is 0 Å². The first-order valence-corrected chi connectivity index (χ1v) is 8.71. The third-order valence-electron chi connectivity index (χ3n) is 4.09. The van der Waals surface area contributed by atoms with Crippen molar-refractivity contribution in [3.63, 3.8) is 0 Å². The highest BCUT2D eigenvalue weighted by atomic mass is 32.2. The van der Waals surface area contributed by atoms with Gasteiger partial charge in [-0.3, -0.25) is 4.79 Å². The molecule has 110 valence electrons. The molecule has 0 aromatic heterocycles. The van der Waals surface area contributed by atoms with Crippen LogP contribution in [0.25, 0.3) is 0 Å². The van der Waals surface area contributed by atoms with Crippen molar-refractivity contribution in [2.24, 2.45) is 5.92 Å². The molecule has 0 heterocycles. The summed E-state index contributed by atoms with van der Waals surface area (Å²) in [6, 6.07) is 4.87. The molecule has 0 saturated heterocycles. The molecule has 1 aliphatic carbocycles. The number of aliphatic carboxylic acids is 1. The van der Waals surface area contributed by atoms with Gasteiger partial charge in [-0.2, -0.15) is 0 Å². The third kappa shape index (κ3) is 3.20. The predicted octanol–water partition coefficient (Wildman–Crippen LogP) is 2.76. The Morgan fingerprint density at radius 2 is 2.05 bits per heavy atom. The van der Waals surface area contributed by atoms with Gasteiger partial charge in [-0.15, -0.1) is 0 Å². The molecule has 1 aliphatic rings. The van der Waals surface area contributed by atoms with Crippen LogP contribution >= 0.6 is 0 Å². The fourth-order valence-corrected chi connectivity index (χ4v) is 3.71. The molecule has 1 N–H and O–H groups in total. The summed E-state index contributed by atoms with van der Waals surface area (Å²) in [6.45, 7) is 1.71. The number of carboxylic acids is 1. The van der Waals surface area contributed by atoms with Crippen LogP contribution in [-0.4, -0.2) is 25.7 Å². The number of carboxylic acid groups (broad SMARTS) is 1. The fraction of sp³-hybridized carbons (Fsp3) is 0.533. The highest BCUT2D eigenvalue weighted by Gasteiger charge is 2.28. The average molecular weight is 296 g/mol. The summed E-state index contributed by atoms with van der Waals surface area (Å²) >= 11 is 0. The second kappa shape index (κ2) is 5.56. The van der Waals surface area contributed by atoms with E-state index in [1.54, 1.807) is 19.1 Å². The molecular formula is C15H20O4S. The van der Waals surface area contributed by atoms with E-state index in [4.69, 9.17) is 0 Å². The SMILES string of the molecule is Cc1cc(C(CC2CCC2)C(=O)O)ccc1S(C)(=O)=O. The zero-order chi connectivity index (χ0) is 14.9. The van der Waals surface area contributed by atoms with Gasteiger partial charge in [-0.25, -0.2) is 8.42 Å². The molecule has 5 heteroatoms. The van der Waals surface area contributed by atoms with Gasteiger partial charge in [0.1, 0.15) is 0 Å². The third-order valence-corrected chi connectivity index (χ3v) is 5.35. The summed E-state index contributed by atoms with van der Waals surface area (Å²) in [6.07, 6.45) is 5.20. The minimum Gasteiger partial charge on any atom is -0.481 e. The summed E-state index contributed by atoms with van der Waals surface area (Å²) in [4.78, 5) is 11.7. The van der Waals surface area contributed by atoms with Gasteiger partial charge in [0.15, 0.2) is 9.84 Å². The Morgan fingerprint density at radius 3 is 2.45 bits per heavy atom. The van der Waals surface area contributed by atoms with Crippen LogP contribution in [-0.2, 0) is 14.6 Å². The lowest BCUT2D eigenvalue weighted by Crippen LogP contribution is -2.20. The van der Waals surface area contributed by atoms with Crippen molar-refractivity contribution in [2.45, 2.75) is 43.4 Å². The minimum atomic E-state index is -3.26. The summed E-state index contributed by atoms with van der Waals surface area (Å²) in [5.41, 5.74) is 1.32. The Balaban J connectivity index is 2.29. The minimum absolute atomic E-state index is 0.272. The molecule has 0 bridgehead atoms. The summed E-state index contributed by atoms with van der Waals surface area (Å²) in [5, 5.41) is 9.40. The maximum atomic E-state index is 11.6. The van der Waals surface area contributed by atoms with E-state index in [1.807, 2.05) is 0 Å². The van der Waals surface area contributed by atoms with Crippen LogP contribution in [0.4, 0.5) is 0 Å². The van der Waals surface area contributed by atoms with Crippen LogP contribution in [0.15, 0.2) is 23.1 Å². The number of rotatable bonds is 5. The summed E-state index contributed by atoms with van der Waals surface area (Å²) in [5.74, 6) is -0.873. The van der Waals surface area contributed by atoms with E-state index >= 15 is 0 Å². The van der Waals surface area contributed by atoms with Crippen LogP contribution in [0.3, 0.4) is 0 Å². The van der Waals surface area contributed by atoms with Crippen LogP contribution < -0.4 is 0 Å². The molecule has 0 aliphatic heterocycles. The molecular weight excluding hydrogens is 276 g/mol. The topological polar surface area (TPSA) is 71.4 Å².